The smallest absolute Gasteiger partial charge is 0.121 e. The highest BCUT2D eigenvalue weighted by molar-refractivity contribution is 5.78. The van der Waals surface area contributed by atoms with Gasteiger partial charge in [-0.1, -0.05) is 0 Å². The number of nitrogens with two attached hydrogens (primary N) is 1. The maximum absolute atomic E-state index is 5.77. The average Bonchev–Trinajstić information content (AvgIpc) is 2.94. The van der Waals surface area contributed by atoms with Crippen LogP contribution in [0.25, 0.3) is 11.0 Å². The van der Waals surface area contributed by atoms with Crippen molar-refractivity contribution in [3.05, 3.63) is 47.7 Å². The van der Waals surface area contributed by atoms with E-state index in [-0.39, 0.29) is 0 Å². The van der Waals surface area contributed by atoms with Crippen molar-refractivity contribution in [1.29, 1.82) is 0 Å². The first-order chi connectivity index (χ1) is 9.60. The lowest BCUT2D eigenvalue weighted by atomic mass is 10.3. The monoisotopic (exact) mass is 270 g/mol. The number of aromatic nitrogens is 2. The van der Waals surface area contributed by atoms with Gasteiger partial charge in [0, 0.05) is 5.69 Å². The van der Waals surface area contributed by atoms with Gasteiger partial charge in [0.05, 0.1) is 24.1 Å². The highest BCUT2D eigenvalue weighted by atomic mass is 16.3. The lowest BCUT2D eigenvalue weighted by molar-refractivity contribution is 0.280. The molecule has 20 heavy (non-hydrogen) atoms. The van der Waals surface area contributed by atoms with E-state index in [1.807, 2.05) is 44.3 Å². The first kappa shape index (κ1) is 12.7. The van der Waals surface area contributed by atoms with Gasteiger partial charge in [-0.15, -0.1) is 0 Å². The quantitative estimate of drug-likeness (QED) is 0.715. The number of fused-ring (bicyclic) bond motifs is 1. The molecule has 0 saturated carbocycles. The normalized spacial score (nSPS) is 11.6. The number of hydrogen-bond acceptors (Lipinski definition) is 4. The van der Waals surface area contributed by atoms with Gasteiger partial charge in [0.15, 0.2) is 0 Å². The van der Waals surface area contributed by atoms with Crippen molar-refractivity contribution in [3.8, 4) is 0 Å². The van der Waals surface area contributed by atoms with Crippen molar-refractivity contribution in [2.24, 2.45) is 0 Å². The number of furan rings is 1. The van der Waals surface area contributed by atoms with Gasteiger partial charge in [-0.3, -0.25) is 4.90 Å². The Labute approximate surface area is 117 Å². The van der Waals surface area contributed by atoms with Crippen molar-refractivity contribution in [1.82, 2.24) is 14.9 Å². The van der Waals surface area contributed by atoms with Crippen molar-refractivity contribution in [2.45, 2.75) is 20.0 Å². The number of benzene rings is 1. The molecule has 5 nitrogen and oxygen atoms in total. The van der Waals surface area contributed by atoms with Crippen LogP contribution >= 0.6 is 0 Å². The molecule has 0 radical (unpaired) electrons. The van der Waals surface area contributed by atoms with Crippen molar-refractivity contribution in [3.63, 3.8) is 0 Å². The van der Waals surface area contributed by atoms with Crippen LogP contribution in [-0.4, -0.2) is 21.9 Å². The summed E-state index contributed by atoms with van der Waals surface area (Å²) in [6.45, 7) is 3.44. The second-order valence-corrected chi connectivity index (χ2v) is 5.14. The number of nitrogens with zero attached hydrogens (tertiary/aromatic N) is 2. The highest BCUT2D eigenvalue weighted by Crippen LogP contribution is 2.16. The fourth-order valence-electron chi connectivity index (χ4n) is 2.30. The predicted molar refractivity (Wildman–Crippen MR) is 79.1 cm³/mol. The van der Waals surface area contributed by atoms with E-state index in [1.165, 1.54) is 0 Å². The van der Waals surface area contributed by atoms with Crippen LogP contribution in [0.15, 0.2) is 34.7 Å². The zero-order chi connectivity index (χ0) is 14.1. The van der Waals surface area contributed by atoms with Gasteiger partial charge in [0.1, 0.15) is 17.3 Å². The molecule has 0 amide bonds. The van der Waals surface area contributed by atoms with E-state index in [0.717, 1.165) is 47.2 Å². The molecule has 104 valence electrons. The zero-order valence-corrected chi connectivity index (χ0v) is 11.7. The summed E-state index contributed by atoms with van der Waals surface area (Å²) in [4.78, 5) is 10.0. The topological polar surface area (TPSA) is 71.1 Å². The number of aromatic amines is 1. The minimum atomic E-state index is 0.730. The number of H-pyrrole nitrogens is 1. The summed E-state index contributed by atoms with van der Waals surface area (Å²) >= 11 is 0. The van der Waals surface area contributed by atoms with E-state index in [2.05, 4.69) is 14.9 Å². The molecule has 0 unspecified atom stereocenters. The molecule has 2 aromatic heterocycles. The number of nitrogen functional groups attached to an aromatic ring is 1. The molecule has 0 saturated heterocycles. The molecule has 0 aliphatic rings. The largest absolute Gasteiger partial charge is 0.465 e. The number of nitrogens with one attached hydrogen (secondary N) is 1. The van der Waals surface area contributed by atoms with Crippen LogP contribution in [0, 0.1) is 6.92 Å². The molecular formula is C15H18N4O. The van der Waals surface area contributed by atoms with Gasteiger partial charge in [-0.2, -0.15) is 0 Å². The minimum absolute atomic E-state index is 0.730. The predicted octanol–water partition coefficient (Wildman–Crippen LogP) is 2.68. The Morgan fingerprint density at radius 3 is 2.85 bits per heavy atom. The molecule has 3 aromatic rings. The fourth-order valence-corrected chi connectivity index (χ4v) is 2.30. The summed E-state index contributed by atoms with van der Waals surface area (Å²) in [6.07, 6.45) is 0. The molecule has 0 aliphatic carbocycles. The van der Waals surface area contributed by atoms with E-state index in [9.17, 15) is 0 Å². The van der Waals surface area contributed by atoms with E-state index in [4.69, 9.17) is 10.2 Å². The highest BCUT2D eigenvalue weighted by Gasteiger charge is 2.08. The first-order valence-electron chi connectivity index (χ1n) is 6.58. The van der Waals surface area contributed by atoms with Gasteiger partial charge in [0.25, 0.3) is 0 Å². The molecule has 3 N–H and O–H groups in total. The van der Waals surface area contributed by atoms with E-state index >= 15 is 0 Å². The molecular weight excluding hydrogens is 252 g/mol. The third-order valence-electron chi connectivity index (χ3n) is 3.20. The molecule has 5 heteroatoms. The Hall–Kier alpha value is -2.27. The fraction of sp³-hybridized carbons (Fsp3) is 0.267. The Morgan fingerprint density at radius 1 is 1.25 bits per heavy atom. The lowest BCUT2D eigenvalue weighted by Crippen LogP contribution is -2.17. The number of anilines is 1. The molecule has 2 heterocycles. The number of imidazole rings is 1. The number of aryl methyl sites for hydroxylation is 1. The molecule has 3 rings (SSSR count). The maximum Gasteiger partial charge on any atom is 0.121 e. The van der Waals surface area contributed by atoms with Gasteiger partial charge in [-0.25, -0.2) is 4.98 Å². The van der Waals surface area contributed by atoms with Crippen LogP contribution in [0.2, 0.25) is 0 Å². The third kappa shape index (κ3) is 2.67. The standard InChI is InChI=1S/C15H18N4O/c1-10-3-5-12(20-10)8-19(2)9-15-17-13-6-4-11(16)7-14(13)18-15/h3-7H,8-9,16H2,1-2H3,(H,17,18). The van der Waals surface area contributed by atoms with E-state index in [1.54, 1.807) is 0 Å². The molecule has 0 aliphatic heterocycles. The molecule has 0 bridgehead atoms. The minimum Gasteiger partial charge on any atom is -0.465 e. The average molecular weight is 270 g/mol. The number of hydrogen-bond donors (Lipinski definition) is 2. The second-order valence-electron chi connectivity index (χ2n) is 5.14. The summed E-state index contributed by atoms with van der Waals surface area (Å²) in [7, 11) is 2.04. The summed E-state index contributed by atoms with van der Waals surface area (Å²) < 4.78 is 5.58. The van der Waals surface area contributed by atoms with Gasteiger partial charge in [0.2, 0.25) is 0 Å². The van der Waals surface area contributed by atoms with Crippen LogP contribution in [0.1, 0.15) is 17.3 Å². The second kappa shape index (κ2) is 5.02. The molecule has 1 aromatic carbocycles. The van der Waals surface area contributed by atoms with E-state index < -0.39 is 0 Å². The van der Waals surface area contributed by atoms with Crippen molar-refractivity contribution >= 4 is 16.7 Å². The van der Waals surface area contributed by atoms with Gasteiger partial charge in [-0.05, 0) is 44.3 Å². The van der Waals surface area contributed by atoms with Crippen molar-refractivity contribution in [2.75, 3.05) is 12.8 Å². The van der Waals surface area contributed by atoms with Crippen LogP contribution in [0.3, 0.4) is 0 Å². The summed E-state index contributed by atoms with van der Waals surface area (Å²) in [5.74, 6) is 2.83. The number of rotatable bonds is 4. The summed E-state index contributed by atoms with van der Waals surface area (Å²) in [6, 6.07) is 9.68. The Morgan fingerprint density at radius 2 is 2.10 bits per heavy atom. The Kier molecular flexibility index (Phi) is 3.20. The SMILES string of the molecule is Cc1ccc(CN(C)Cc2nc3ccc(N)cc3[nH]2)o1. The first-order valence-corrected chi connectivity index (χ1v) is 6.58. The van der Waals surface area contributed by atoms with Crippen LogP contribution in [-0.2, 0) is 13.1 Å². The maximum atomic E-state index is 5.77. The van der Waals surface area contributed by atoms with Crippen LogP contribution < -0.4 is 5.73 Å². The molecule has 0 fully saturated rings. The van der Waals surface area contributed by atoms with Crippen molar-refractivity contribution < 1.29 is 4.42 Å². The lowest BCUT2D eigenvalue weighted by Gasteiger charge is -2.12. The van der Waals surface area contributed by atoms with Gasteiger partial charge < -0.3 is 15.1 Å². The Bertz CT molecular complexity index is 728. The van der Waals surface area contributed by atoms with Crippen LogP contribution in [0.5, 0.6) is 0 Å². The zero-order valence-electron chi connectivity index (χ0n) is 11.7. The third-order valence-corrected chi connectivity index (χ3v) is 3.20. The van der Waals surface area contributed by atoms with E-state index in [0.29, 0.717) is 0 Å². The summed E-state index contributed by atoms with van der Waals surface area (Å²) in [5.41, 5.74) is 8.43. The Balaban J connectivity index is 1.72. The molecule has 0 spiro atoms. The molecule has 0 atom stereocenters. The van der Waals surface area contributed by atoms with Crippen LogP contribution in [0.4, 0.5) is 5.69 Å². The summed E-state index contributed by atoms with van der Waals surface area (Å²) in [5, 5.41) is 0. The van der Waals surface area contributed by atoms with Gasteiger partial charge >= 0.3 is 0 Å².